The van der Waals surface area contributed by atoms with Gasteiger partial charge in [-0.05, 0) is 68.4 Å². The number of benzene rings is 2. The van der Waals surface area contributed by atoms with Crippen LogP contribution in [0.3, 0.4) is 0 Å². The molecule has 0 radical (unpaired) electrons. The quantitative estimate of drug-likeness (QED) is 0.579. The summed E-state index contributed by atoms with van der Waals surface area (Å²) < 4.78 is 32.0. The normalized spacial score (nSPS) is 18.4. The van der Waals surface area contributed by atoms with Crippen LogP contribution in [0.2, 0.25) is 5.02 Å². The van der Waals surface area contributed by atoms with Gasteiger partial charge in [0.1, 0.15) is 5.75 Å². The molecule has 0 aromatic heterocycles. The second-order valence-electron chi connectivity index (χ2n) is 8.02. The Morgan fingerprint density at radius 3 is 2.39 bits per heavy atom. The Bertz CT molecular complexity index is 1090. The molecule has 0 atom stereocenters. The third-order valence-electron chi connectivity index (χ3n) is 5.91. The highest BCUT2D eigenvalue weighted by Gasteiger charge is 2.36. The van der Waals surface area contributed by atoms with Crippen molar-refractivity contribution in [2.75, 3.05) is 13.7 Å². The van der Waals surface area contributed by atoms with E-state index >= 15 is 0 Å². The van der Waals surface area contributed by atoms with Crippen LogP contribution in [-0.4, -0.2) is 44.4 Å². The van der Waals surface area contributed by atoms with Gasteiger partial charge in [-0.3, -0.25) is 4.79 Å². The first-order chi connectivity index (χ1) is 15.7. The van der Waals surface area contributed by atoms with E-state index in [0.29, 0.717) is 41.6 Å². The summed E-state index contributed by atoms with van der Waals surface area (Å²) in [5.41, 5.74) is 5.84. The van der Waals surface area contributed by atoms with Gasteiger partial charge in [-0.1, -0.05) is 29.8 Å². The number of urea groups is 1. The fourth-order valence-electron chi connectivity index (χ4n) is 4.21. The summed E-state index contributed by atoms with van der Waals surface area (Å²) in [4.78, 5) is 24.6. The van der Waals surface area contributed by atoms with E-state index in [-0.39, 0.29) is 10.8 Å². The highest BCUT2D eigenvalue weighted by Crippen LogP contribution is 2.32. The molecular formula is C23H28ClN3O5S. The number of amides is 3. The smallest absolute Gasteiger partial charge is 0.328 e. The molecule has 3 rings (SSSR count). The molecule has 1 aliphatic rings. The standard InChI is InChI=1S/C23H28ClN3O5S/c1-32-21-12-9-17(24)15-20(21)22(28)26-14-13-16-7-10-18(11-8-16)27(23(25)29)33(30,31)19-5-3-2-4-6-19/h2-6,9,12,15-16,18H,7-8,10-11,13-14H2,1H3,(H2,25,29)(H,26,28). The van der Waals surface area contributed by atoms with Gasteiger partial charge in [0.15, 0.2) is 0 Å². The van der Waals surface area contributed by atoms with Gasteiger partial charge in [0.2, 0.25) is 0 Å². The average molecular weight is 494 g/mol. The minimum absolute atomic E-state index is 0.0464. The van der Waals surface area contributed by atoms with E-state index in [4.69, 9.17) is 22.1 Å². The van der Waals surface area contributed by atoms with Gasteiger partial charge in [0.25, 0.3) is 15.9 Å². The van der Waals surface area contributed by atoms with E-state index in [9.17, 15) is 18.0 Å². The van der Waals surface area contributed by atoms with Gasteiger partial charge in [-0.15, -0.1) is 0 Å². The van der Waals surface area contributed by atoms with Gasteiger partial charge in [-0.25, -0.2) is 17.5 Å². The van der Waals surface area contributed by atoms with Gasteiger partial charge in [0.05, 0.1) is 23.6 Å². The van der Waals surface area contributed by atoms with Crippen molar-refractivity contribution in [2.45, 2.75) is 43.0 Å². The van der Waals surface area contributed by atoms with E-state index in [1.54, 1.807) is 36.4 Å². The van der Waals surface area contributed by atoms with Crippen molar-refractivity contribution in [3.63, 3.8) is 0 Å². The van der Waals surface area contributed by atoms with Crippen LogP contribution in [0.1, 0.15) is 42.5 Å². The lowest BCUT2D eigenvalue weighted by Crippen LogP contribution is -2.48. The van der Waals surface area contributed by atoms with Crippen molar-refractivity contribution in [3.05, 3.63) is 59.1 Å². The maximum atomic E-state index is 13.0. The maximum absolute atomic E-state index is 13.0. The van der Waals surface area contributed by atoms with Crippen LogP contribution in [0, 0.1) is 5.92 Å². The Balaban J connectivity index is 1.55. The third kappa shape index (κ3) is 5.97. The lowest BCUT2D eigenvalue weighted by Gasteiger charge is -2.35. The second kappa shape index (κ2) is 10.9. The third-order valence-corrected chi connectivity index (χ3v) is 8.01. The number of halogens is 1. The average Bonchev–Trinajstić information content (AvgIpc) is 2.80. The minimum atomic E-state index is -4.01. The molecule has 0 heterocycles. The summed E-state index contributed by atoms with van der Waals surface area (Å²) in [5, 5.41) is 3.34. The van der Waals surface area contributed by atoms with Crippen LogP contribution < -0.4 is 15.8 Å². The summed E-state index contributed by atoms with van der Waals surface area (Å²) in [6, 6.07) is 11.2. The SMILES string of the molecule is COc1ccc(Cl)cc1C(=O)NCCC1CCC(N(C(N)=O)S(=O)(=O)c2ccccc2)CC1. The van der Waals surface area contributed by atoms with Crippen molar-refractivity contribution >= 4 is 33.6 Å². The number of carbonyl (C=O) groups is 2. The van der Waals surface area contributed by atoms with Crippen molar-refractivity contribution in [1.82, 2.24) is 9.62 Å². The number of hydrogen-bond acceptors (Lipinski definition) is 5. The lowest BCUT2D eigenvalue weighted by molar-refractivity contribution is 0.0946. The molecular weight excluding hydrogens is 466 g/mol. The lowest BCUT2D eigenvalue weighted by atomic mass is 9.84. The molecule has 0 saturated heterocycles. The van der Waals surface area contributed by atoms with Crippen LogP contribution in [0.15, 0.2) is 53.4 Å². The number of primary amides is 1. The maximum Gasteiger partial charge on any atom is 0.328 e. The monoisotopic (exact) mass is 493 g/mol. The Hall–Kier alpha value is -2.78. The molecule has 1 aliphatic carbocycles. The van der Waals surface area contributed by atoms with Crippen molar-refractivity contribution < 1.29 is 22.7 Å². The number of methoxy groups -OCH3 is 1. The van der Waals surface area contributed by atoms with Crippen LogP contribution >= 0.6 is 11.6 Å². The number of nitrogens with zero attached hydrogens (tertiary/aromatic N) is 1. The fraction of sp³-hybridized carbons (Fsp3) is 0.391. The number of carbonyl (C=O) groups excluding carboxylic acids is 2. The number of ether oxygens (including phenoxy) is 1. The molecule has 0 bridgehead atoms. The van der Waals surface area contributed by atoms with E-state index < -0.39 is 22.1 Å². The number of nitrogens with two attached hydrogens (primary N) is 1. The van der Waals surface area contributed by atoms with Crippen LogP contribution in [0.25, 0.3) is 0 Å². The van der Waals surface area contributed by atoms with E-state index in [0.717, 1.165) is 23.6 Å². The molecule has 2 aromatic carbocycles. The van der Waals surface area contributed by atoms with Gasteiger partial charge >= 0.3 is 6.03 Å². The molecule has 1 fully saturated rings. The summed E-state index contributed by atoms with van der Waals surface area (Å²) in [5.74, 6) is 0.484. The number of hydrogen-bond donors (Lipinski definition) is 2. The molecule has 0 aliphatic heterocycles. The summed E-state index contributed by atoms with van der Waals surface area (Å²) >= 11 is 5.99. The summed E-state index contributed by atoms with van der Waals surface area (Å²) in [6.07, 6.45) is 3.25. The molecule has 178 valence electrons. The highest BCUT2D eigenvalue weighted by molar-refractivity contribution is 7.89. The molecule has 8 nitrogen and oxygen atoms in total. The van der Waals surface area contributed by atoms with Crippen molar-refractivity contribution in [3.8, 4) is 5.75 Å². The number of nitrogens with one attached hydrogen (secondary N) is 1. The topological polar surface area (TPSA) is 119 Å². The predicted octanol–water partition coefficient (Wildman–Crippen LogP) is 3.80. The van der Waals surface area contributed by atoms with E-state index in [2.05, 4.69) is 5.32 Å². The molecule has 3 N–H and O–H groups in total. The second-order valence-corrected chi connectivity index (χ2v) is 10.3. The van der Waals surface area contributed by atoms with E-state index in [1.165, 1.54) is 19.2 Å². The Labute approximate surface area is 199 Å². The molecule has 3 amide bonds. The Morgan fingerprint density at radius 2 is 1.79 bits per heavy atom. The number of rotatable bonds is 8. The van der Waals surface area contributed by atoms with Crippen molar-refractivity contribution in [2.24, 2.45) is 11.7 Å². The zero-order valence-electron chi connectivity index (χ0n) is 18.4. The highest BCUT2D eigenvalue weighted by atomic mass is 35.5. The van der Waals surface area contributed by atoms with Gasteiger partial charge < -0.3 is 15.8 Å². The zero-order valence-corrected chi connectivity index (χ0v) is 19.9. The predicted molar refractivity (Wildman–Crippen MR) is 126 cm³/mol. The summed E-state index contributed by atoms with van der Waals surface area (Å²) in [7, 11) is -2.52. The first kappa shape index (κ1) is 24.9. The van der Waals surface area contributed by atoms with Crippen LogP contribution in [0.4, 0.5) is 4.79 Å². The first-order valence-electron chi connectivity index (χ1n) is 10.7. The van der Waals surface area contributed by atoms with E-state index in [1.807, 2.05) is 0 Å². The zero-order chi connectivity index (χ0) is 24.0. The molecule has 10 heteroatoms. The van der Waals surface area contributed by atoms with Gasteiger partial charge in [0, 0.05) is 11.6 Å². The molecule has 0 unspecified atom stereocenters. The van der Waals surface area contributed by atoms with Gasteiger partial charge in [-0.2, -0.15) is 0 Å². The fourth-order valence-corrected chi connectivity index (χ4v) is 5.95. The Morgan fingerprint density at radius 1 is 1.12 bits per heavy atom. The molecule has 33 heavy (non-hydrogen) atoms. The first-order valence-corrected chi connectivity index (χ1v) is 12.6. The Kier molecular flexibility index (Phi) is 8.20. The van der Waals surface area contributed by atoms with Crippen LogP contribution in [-0.2, 0) is 10.0 Å². The molecule has 0 spiro atoms. The molecule has 2 aromatic rings. The van der Waals surface area contributed by atoms with Crippen LogP contribution in [0.5, 0.6) is 5.75 Å². The van der Waals surface area contributed by atoms with Crippen molar-refractivity contribution in [1.29, 1.82) is 0 Å². The largest absolute Gasteiger partial charge is 0.496 e. The molecule has 1 saturated carbocycles. The number of sulfonamides is 1. The minimum Gasteiger partial charge on any atom is -0.496 e. The summed E-state index contributed by atoms with van der Waals surface area (Å²) in [6.45, 7) is 0.464.